The second-order valence-electron chi connectivity index (χ2n) is 7.66. The van der Waals surface area contributed by atoms with E-state index in [0.29, 0.717) is 6.04 Å². The lowest BCUT2D eigenvalue weighted by atomic mass is 10.0. The zero-order valence-electron chi connectivity index (χ0n) is 18.6. The highest BCUT2D eigenvalue weighted by molar-refractivity contribution is 14.0. The normalized spacial score (nSPS) is 15.4. The third-order valence-corrected chi connectivity index (χ3v) is 6.05. The van der Waals surface area contributed by atoms with Gasteiger partial charge in [0, 0.05) is 50.4 Å². The smallest absolute Gasteiger partial charge is 0.243 e. The lowest BCUT2D eigenvalue weighted by Gasteiger charge is -2.33. The Balaban J connectivity index is 0.00000450. The lowest BCUT2D eigenvalue weighted by molar-refractivity contribution is -0.127. The second-order valence-corrected chi connectivity index (χ2v) is 8.82. The van der Waals surface area contributed by atoms with E-state index in [4.69, 9.17) is 0 Å². The summed E-state index contributed by atoms with van der Waals surface area (Å²) in [5.74, 6) is 1.71. The molecule has 8 heteroatoms. The number of piperidine rings is 1. The van der Waals surface area contributed by atoms with Crippen LogP contribution in [0.15, 0.2) is 40.2 Å². The Morgan fingerprint density at radius 1 is 1.23 bits per heavy atom. The van der Waals surface area contributed by atoms with Crippen LogP contribution >= 0.6 is 35.7 Å². The molecule has 0 saturated carbocycles. The van der Waals surface area contributed by atoms with E-state index in [1.807, 2.05) is 17.8 Å². The largest absolute Gasteiger partial charge is 0.356 e. The number of guanidine groups is 1. The van der Waals surface area contributed by atoms with Crippen LogP contribution in [0.4, 0.5) is 0 Å². The molecule has 1 aliphatic rings. The molecular weight excluding hydrogens is 509 g/mol. The van der Waals surface area contributed by atoms with Gasteiger partial charge in [-0.1, -0.05) is 31.5 Å². The number of aliphatic imine (C=N–C) groups is 1. The van der Waals surface area contributed by atoms with E-state index < -0.39 is 0 Å². The van der Waals surface area contributed by atoms with Crippen molar-refractivity contribution in [3.8, 4) is 0 Å². The maximum Gasteiger partial charge on any atom is 0.243 e. The number of carbonyl (C=O) groups is 1. The van der Waals surface area contributed by atoms with Crippen molar-refractivity contribution in [2.45, 2.75) is 43.5 Å². The number of hydrogen-bond acceptors (Lipinski definition) is 4. The molecule has 0 atom stereocenters. The molecule has 1 aliphatic heterocycles. The van der Waals surface area contributed by atoms with Gasteiger partial charge < -0.3 is 20.4 Å². The Bertz CT molecular complexity index is 621. The summed E-state index contributed by atoms with van der Waals surface area (Å²) < 4.78 is 0. The van der Waals surface area contributed by atoms with Gasteiger partial charge in [-0.25, -0.2) is 4.99 Å². The first kappa shape index (κ1) is 27.0. The van der Waals surface area contributed by atoms with Gasteiger partial charge in [0.1, 0.15) is 6.54 Å². The summed E-state index contributed by atoms with van der Waals surface area (Å²) in [4.78, 5) is 21.9. The van der Waals surface area contributed by atoms with Gasteiger partial charge in [0.2, 0.25) is 5.91 Å². The van der Waals surface area contributed by atoms with Crippen LogP contribution in [0, 0.1) is 0 Å². The molecule has 30 heavy (non-hydrogen) atoms. The molecule has 0 spiro atoms. The molecular formula is C22H38IN5OS. The van der Waals surface area contributed by atoms with Gasteiger partial charge in [-0.3, -0.25) is 4.79 Å². The van der Waals surface area contributed by atoms with E-state index in [2.05, 4.69) is 51.7 Å². The van der Waals surface area contributed by atoms with Crippen LogP contribution < -0.4 is 10.6 Å². The first-order valence-corrected chi connectivity index (χ1v) is 11.7. The Morgan fingerprint density at radius 2 is 1.93 bits per heavy atom. The first-order chi connectivity index (χ1) is 14.1. The fraction of sp³-hybridized carbons (Fsp3) is 0.636. The molecule has 1 aromatic rings. The number of amides is 1. The Morgan fingerprint density at radius 3 is 2.57 bits per heavy atom. The van der Waals surface area contributed by atoms with E-state index in [9.17, 15) is 4.79 Å². The van der Waals surface area contributed by atoms with Gasteiger partial charge in [-0.2, -0.15) is 0 Å². The highest BCUT2D eigenvalue weighted by Crippen LogP contribution is 2.16. The average molecular weight is 548 g/mol. The molecule has 0 radical (unpaired) electrons. The van der Waals surface area contributed by atoms with Crippen molar-refractivity contribution >= 4 is 47.6 Å². The number of nitrogens with one attached hydrogen (secondary N) is 2. The van der Waals surface area contributed by atoms with Gasteiger partial charge in [-0.05, 0) is 37.9 Å². The molecule has 6 nitrogen and oxygen atoms in total. The minimum absolute atomic E-state index is 0. The number of hydrogen-bond donors (Lipinski definition) is 2. The predicted molar refractivity (Wildman–Crippen MR) is 139 cm³/mol. The van der Waals surface area contributed by atoms with Crippen molar-refractivity contribution in [3.63, 3.8) is 0 Å². The van der Waals surface area contributed by atoms with Gasteiger partial charge >= 0.3 is 0 Å². The minimum Gasteiger partial charge on any atom is -0.356 e. The van der Waals surface area contributed by atoms with E-state index in [0.717, 1.165) is 44.2 Å². The predicted octanol–water partition coefficient (Wildman–Crippen LogP) is 3.28. The topological polar surface area (TPSA) is 60.0 Å². The average Bonchev–Trinajstić information content (AvgIpc) is 2.74. The number of nitrogens with zero attached hydrogens (tertiary/aromatic N) is 3. The van der Waals surface area contributed by atoms with Crippen LogP contribution in [0.2, 0.25) is 0 Å². The number of carbonyl (C=O) groups excluding carboxylic acids is 1. The zero-order chi connectivity index (χ0) is 20.9. The van der Waals surface area contributed by atoms with Crippen LogP contribution in [-0.4, -0.2) is 80.3 Å². The fourth-order valence-electron chi connectivity index (χ4n) is 3.17. The summed E-state index contributed by atoms with van der Waals surface area (Å²) in [6.07, 6.45) is 4.76. The molecule has 0 aromatic heterocycles. The van der Waals surface area contributed by atoms with Crippen molar-refractivity contribution in [1.82, 2.24) is 20.4 Å². The summed E-state index contributed by atoms with van der Waals surface area (Å²) in [5, 5.41) is 6.97. The molecule has 1 aromatic carbocycles. The SMILES string of the molecule is CCCCN1CCC(NC(=NCC(=O)N(C)C)NCCSc2ccccc2)CC1.I. The standard InChI is InChI=1S/C22H37N5OS.HI/c1-4-5-14-27-15-11-19(12-16-27)25-22(24-18-21(28)26(2)3)23-13-17-29-20-9-7-6-8-10-20;/h6-10,19H,4-5,11-18H2,1-3H3,(H2,23,24,25);1H. The molecule has 2 rings (SSSR count). The molecule has 2 N–H and O–H groups in total. The first-order valence-electron chi connectivity index (χ1n) is 10.7. The van der Waals surface area contributed by atoms with Crippen LogP contribution in [0.5, 0.6) is 0 Å². The van der Waals surface area contributed by atoms with E-state index in [1.54, 1.807) is 19.0 Å². The maximum atomic E-state index is 12.0. The van der Waals surface area contributed by atoms with Crippen LogP contribution in [0.25, 0.3) is 0 Å². The third kappa shape index (κ3) is 10.9. The van der Waals surface area contributed by atoms with E-state index in [1.165, 1.54) is 24.3 Å². The van der Waals surface area contributed by atoms with E-state index >= 15 is 0 Å². The summed E-state index contributed by atoms with van der Waals surface area (Å²) in [6.45, 7) is 6.68. The molecule has 1 saturated heterocycles. The molecule has 1 fully saturated rings. The Kier molecular flexibility index (Phi) is 14.2. The summed E-state index contributed by atoms with van der Waals surface area (Å²) >= 11 is 1.82. The molecule has 0 bridgehead atoms. The third-order valence-electron chi connectivity index (χ3n) is 5.03. The van der Waals surface area contributed by atoms with Crippen molar-refractivity contribution in [2.75, 3.05) is 52.6 Å². The number of rotatable bonds is 10. The molecule has 170 valence electrons. The van der Waals surface area contributed by atoms with Crippen molar-refractivity contribution in [1.29, 1.82) is 0 Å². The molecule has 1 heterocycles. The van der Waals surface area contributed by atoms with Gasteiger partial charge in [0.15, 0.2) is 5.96 Å². The monoisotopic (exact) mass is 547 g/mol. The Hall–Kier alpha value is -1.000. The van der Waals surface area contributed by atoms with Crippen molar-refractivity contribution in [3.05, 3.63) is 30.3 Å². The van der Waals surface area contributed by atoms with Crippen LogP contribution in [0.1, 0.15) is 32.6 Å². The maximum absolute atomic E-state index is 12.0. The molecule has 1 amide bonds. The zero-order valence-corrected chi connectivity index (χ0v) is 21.7. The minimum atomic E-state index is 0. The van der Waals surface area contributed by atoms with Crippen molar-refractivity contribution < 1.29 is 4.79 Å². The summed E-state index contributed by atoms with van der Waals surface area (Å²) in [6, 6.07) is 10.8. The second kappa shape index (κ2) is 15.8. The Labute approximate surface area is 203 Å². The van der Waals surface area contributed by atoms with Crippen LogP contribution in [0.3, 0.4) is 0 Å². The number of unbranched alkanes of at least 4 members (excludes halogenated alkanes) is 1. The highest BCUT2D eigenvalue weighted by Gasteiger charge is 2.19. The number of thioether (sulfide) groups is 1. The highest BCUT2D eigenvalue weighted by atomic mass is 127. The van der Waals surface area contributed by atoms with Gasteiger partial charge in [0.05, 0.1) is 0 Å². The summed E-state index contributed by atoms with van der Waals surface area (Å²) in [5.41, 5.74) is 0. The summed E-state index contributed by atoms with van der Waals surface area (Å²) in [7, 11) is 3.53. The van der Waals surface area contributed by atoms with E-state index in [-0.39, 0.29) is 36.4 Å². The number of halogens is 1. The quantitative estimate of drug-likeness (QED) is 0.155. The van der Waals surface area contributed by atoms with Gasteiger partial charge in [0.25, 0.3) is 0 Å². The molecule has 0 aliphatic carbocycles. The molecule has 0 unspecified atom stereocenters. The number of likely N-dealkylation sites (tertiary alicyclic amines) is 1. The van der Waals surface area contributed by atoms with Crippen molar-refractivity contribution in [2.24, 2.45) is 4.99 Å². The lowest BCUT2D eigenvalue weighted by Crippen LogP contribution is -2.49. The number of likely N-dealkylation sites (N-methyl/N-ethyl adjacent to an activating group) is 1. The van der Waals surface area contributed by atoms with Gasteiger partial charge in [-0.15, -0.1) is 35.7 Å². The number of benzene rings is 1. The van der Waals surface area contributed by atoms with Crippen LogP contribution in [-0.2, 0) is 4.79 Å². The fourth-order valence-corrected chi connectivity index (χ4v) is 3.96.